The van der Waals surface area contributed by atoms with Crippen LogP contribution in [0.25, 0.3) is 86.3 Å². The summed E-state index contributed by atoms with van der Waals surface area (Å²) < 4.78 is 9.80. The van der Waals surface area contributed by atoms with Crippen molar-refractivity contribution in [2.45, 2.75) is 19.3 Å². The topological polar surface area (TPSA) is 16.4 Å². The highest BCUT2D eigenvalue weighted by Crippen LogP contribution is 2.52. The Balaban J connectivity index is 1.10. The summed E-state index contributed by atoms with van der Waals surface area (Å²) in [5.74, 6) is 0. The van der Waals surface area contributed by atoms with Crippen molar-refractivity contribution in [3.63, 3.8) is 0 Å². The van der Waals surface area contributed by atoms with Crippen LogP contribution in [0.4, 0.5) is 17.1 Å². The van der Waals surface area contributed by atoms with Crippen LogP contribution in [0.5, 0.6) is 0 Å². The monoisotopic (exact) mass is 759 g/mol. The van der Waals surface area contributed by atoms with Gasteiger partial charge in [0, 0.05) is 47.7 Å². The van der Waals surface area contributed by atoms with E-state index in [-0.39, 0.29) is 5.41 Å². The van der Waals surface area contributed by atoms with Crippen LogP contribution in [0.3, 0.4) is 0 Å². The zero-order chi connectivity index (χ0) is 38.5. The molecule has 0 saturated carbocycles. The van der Waals surface area contributed by atoms with Gasteiger partial charge in [-0.2, -0.15) is 0 Å². The maximum atomic E-state index is 7.20. The molecule has 274 valence electrons. The quantitative estimate of drug-likeness (QED) is 0.174. The Bertz CT molecular complexity index is 3420. The number of benzene rings is 9. The molecule has 0 amide bonds. The molecule has 0 unspecified atom stereocenters. The number of hydrogen-bond donors (Lipinski definition) is 0. The summed E-state index contributed by atoms with van der Waals surface area (Å²) in [6, 6.07) is 68.7. The zero-order valence-corrected chi connectivity index (χ0v) is 33.0. The molecule has 1 aliphatic carbocycles. The van der Waals surface area contributed by atoms with Gasteiger partial charge >= 0.3 is 0 Å². The Morgan fingerprint density at radius 3 is 1.93 bits per heavy atom. The molecule has 9 aromatic carbocycles. The molecule has 0 spiro atoms. The zero-order valence-electron chi connectivity index (χ0n) is 32.2. The minimum atomic E-state index is -0.137. The first-order valence-corrected chi connectivity index (χ1v) is 20.8. The molecular weight excluding hydrogens is 723 g/mol. The molecule has 3 heteroatoms. The predicted octanol–water partition coefficient (Wildman–Crippen LogP) is 16.2. The molecule has 1 aliphatic rings. The largest absolute Gasteiger partial charge is 0.454 e. The van der Waals surface area contributed by atoms with Gasteiger partial charge in [0.25, 0.3) is 0 Å². The van der Waals surface area contributed by atoms with Crippen molar-refractivity contribution in [2.75, 3.05) is 4.90 Å². The molecule has 0 N–H and O–H groups in total. The van der Waals surface area contributed by atoms with Crippen molar-refractivity contribution in [1.82, 2.24) is 0 Å². The van der Waals surface area contributed by atoms with E-state index in [1.807, 2.05) is 11.3 Å². The van der Waals surface area contributed by atoms with Crippen LogP contribution in [-0.4, -0.2) is 0 Å². The number of anilines is 3. The molecule has 0 atom stereocenters. The summed E-state index contributed by atoms with van der Waals surface area (Å²) in [7, 11) is 0. The third-order valence-corrected chi connectivity index (χ3v) is 13.6. The molecule has 0 radical (unpaired) electrons. The highest BCUT2D eigenvalue weighted by molar-refractivity contribution is 7.25. The standard InChI is InChI=1S/C55H37NOS/c1-55(2)46-22-10-8-17-39(46)40-31-30-37(32-47(40)55)56(36-28-26-35(27-29-36)34-14-4-3-5-15-34)48-23-12-21-44-52-41-18-7-6-16-38(41)45(33-49(52)57-54(44)48)42-20-13-25-51-53(42)43-19-9-11-24-50(43)58-51/h3-33H,1-2H3. The second kappa shape index (κ2) is 12.5. The van der Waals surface area contributed by atoms with Crippen LogP contribution in [0.1, 0.15) is 25.0 Å². The fraction of sp³-hybridized carbons (Fsp3) is 0.0545. The lowest BCUT2D eigenvalue weighted by atomic mass is 9.82. The van der Waals surface area contributed by atoms with Crippen molar-refractivity contribution in [2.24, 2.45) is 0 Å². The third-order valence-electron chi connectivity index (χ3n) is 12.5. The van der Waals surface area contributed by atoms with Crippen LogP contribution >= 0.6 is 11.3 Å². The highest BCUT2D eigenvalue weighted by Gasteiger charge is 2.36. The van der Waals surface area contributed by atoms with Crippen molar-refractivity contribution >= 4 is 81.3 Å². The van der Waals surface area contributed by atoms with Gasteiger partial charge in [-0.1, -0.05) is 153 Å². The average molecular weight is 760 g/mol. The summed E-state index contributed by atoms with van der Waals surface area (Å²) >= 11 is 1.86. The lowest BCUT2D eigenvalue weighted by Gasteiger charge is -2.28. The van der Waals surface area contributed by atoms with E-state index in [0.29, 0.717) is 0 Å². The molecular formula is C55H37NOS. The number of rotatable bonds is 5. The first-order chi connectivity index (χ1) is 28.5. The minimum absolute atomic E-state index is 0.137. The minimum Gasteiger partial charge on any atom is -0.454 e. The van der Waals surface area contributed by atoms with Crippen LogP contribution < -0.4 is 4.90 Å². The van der Waals surface area contributed by atoms with E-state index in [1.165, 1.54) is 75.5 Å². The number of nitrogens with zero attached hydrogens (tertiary/aromatic N) is 1. The van der Waals surface area contributed by atoms with E-state index in [9.17, 15) is 0 Å². The van der Waals surface area contributed by atoms with Gasteiger partial charge in [0.05, 0.1) is 5.69 Å². The molecule has 0 fully saturated rings. The predicted molar refractivity (Wildman–Crippen MR) is 247 cm³/mol. The van der Waals surface area contributed by atoms with Gasteiger partial charge in [-0.15, -0.1) is 11.3 Å². The van der Waals surface area contributed by atoms with Crippen molar-refractivity contribution in [3.8, 4) is 33.4 Å². The average Bonchev–Trinajstić information content (AvgIpc) is 3.92. The Kier molecular flexibility index (Phi) is 7.18. The highest BCUT2D eigenvalue weighted by atomic mass is 32.1. The molecule has 11 aromatic rings. The normalized spacial score (nSPS) is 13.1. The molecule has 2 aromatic heterocycles. The summed E-state index contributed by atoms with van der Waals surface area (Å²) in [6.07, 6.45) is 0. The van der Waals surface area contributed by atoms with Gasteiger partial charge in [0.1, 0.15) is 5.58 Å². The van der Waals surface area contributed by atoms with Crippen LogP contribution in [-0.2, 0) is 5.41 Å². The molecule has 0 bridgehead atoms. The lowest BCUT2D eigenvalue weighted by Crippen LogP contribution is -2.16. The fourth-order valence-corrected chi connectivity index (χ4v) is 10.9. The number of furan rings is 1. The van der Waals surface area contributed by atoms with Crippen LogP contribution in [0.2, 0.25) is 0 Å². The van der Waals surface area contributed by atoms with E-state index >= 15 is 0 Å². The fourth-order valence-electron chi connectivity index (χ4n) is 9.74. The van der Waals surface area contributed by atoms with Crippen molar-refractivity contribution < 1.29 is 4.42 Å². The van der Waals surface area contributed by atoms with E-state index in [4.69, 9.17) is 4.42 Å². The Morgan fingerprint density at radius 1 is 0.431 bits per heavy atom. The molecule has 2 nitrogen and oxygen atoms in total. The smallest absolute Gasteiger partial charge is 0.159 e. The van der Waals surface area contributed by atoms with Gasteiger partial charge in [-0.05, 0) is 104 Å². The van der Waals surface area contributed by atoms with Gasteiger partial charge in [0.2, 0.25) is 0 Å². The van der Waals surface area contributed by atoms with E-state index in [2.05, 4.69) is 207 Å². The van der Waals surface area contributed by atoms with Gasteiger partial charge in [-0.3, -0.25) is 0 Å². The second-order valence-corrected chi connectivity index (χ2v) is 17.1. The molecule has 12 rings (SSSR count). The van der Waals surface area contributed by atoms with Gasteiger partial charge < -0.3 is 9.32 Å². The first kappa shape index (κ1) is 33.2. The van der Waals surface area contributed by atoms with Crippen molar-refractivity contribution in [1.29, 1.82) is 0 Å². The molecule has 0 aliphatic heterocycles. The number of hydrogen-bond acceptors (Lipinski definition) is 3. The summed E-state index contributed by atoms with van der Waals surface area (Å²) in [5.41, 5.74) is 14.9. The molecule has 2 heterocycles. The van der Waals surface area contributed by atoms with Crippen LogP contribution in [0, 0.1) is 0 Å². The van der Waals surface area contributed by atoms with Gasteiger partial charge in [-0.25, -0.2) is 0 Å². The Morgan fingerprint density at radius 2 is 1.07 bits per heavy atom. The Hall–Kier alpha value is -6.94. The summed E-state index contributed by atoms with van der Waals surface area (Å²) in [5, 5.41) is 7.26. The molecule has 58 heavy (non-hydrogen) atoms. The summed E-state index contributed by atoms with van der Waals surface area (Å²) in [4.78, 5) is 2.39. The van der Waals surface area contributed by atoms with E-state index in [0.717, 1.165) is 39.0 Å². The van der Waals surface area contributed by atoms with E-state index in [1.54, 1.807) is 0 Å². The first-order valence-electron chi connectivity index (χ1n) is 20.0. The number of fused-ring (bicyclic) bond motifs is 11. The maximum Gasteiger partial charge on any atom is 0.159 e. The molecule has 0 saturated heterocycles. The van der Waals surface area contributed by atoms with Crippen molar-refractivity contribution in [3.05, 3.63) is 199 Å². The lowest BCUT2D eigenvalue weighted by molar-refractivity contribution is 0.660. The second-order valence-electron chi connectivity index (χ2n) is 16.0. The SMILES string of the molecule is CC1(C)c2ccccc2-c2ccc(N(c3ccc(-c4ccccc4)cc3)c3cccc4c3oc3cc(-c5cccc6sc7ccccc7c56)c5ccccc5c34)cc21. The Labute approximate surface area is 340 Å². The third kappa shape index (κ3) is 4.84. The van der Waals surface area contributed by atoms with Gasteiger partial charge in [0.15, 0.2) is 5.58 Å². The van der Waals surface area contributed by atoms with E-state index < -0.39 is 0 Å². The van der Waals surface area contributed by atoms with Crippen LogP contribution in [0.15, 0.2) is 192 Å². The maximum absolute atomic E-state index is 7.20. The number of para-hydroxylation sites is 1. The number of thiophene rings is 1. The summed E-state index contributed by atoms with van der Waals surface area (Å²) in [6.45, 7) is 4.70.